The van der Waals surface area contributed by atoms with Gasteiger partial charge < -0.3 is 64.4 Å². The fraction of sp³-hybridized carbons (Fsp3) is 0.756. The molecule has 0 radical (unpaired) electrons. The Morgan fingerprint density at radius 2 is 1.11 bits per heavy atom. The van der Waals surface area contributed by atoms with Gasteiger partial charge >= 0.3 is 5.97 Å². The minimum absolute atomic E-state index is 0.0398. The fourth-order valence-electron chi connectivity index (χ4n) is 7.41. The molecule has 0 aromatic heterocycles. The number of aliphatic carboxylic acids is 1. The number of nitrogens with one attached hydrogen (secondary N) is 7. The Labute approximate surface area is 369 Å². The van der Waals surface area contributed by atoms with Crippen LogP contribution in [0.5, 0.6) is 0 Å². The summed E-state index contributed by atoms with van der Waals surface area (Å²) >= 11 is 0. The second-order valence-corrected chi connectivity index (χ2v) is 17.6. The van der Waals surface area contributed by atoms with E-state index >= 15 is 0 Å². The van der Waals surface area contributed by atoms with E-state index in [1.54, 1.807) is 27.7 Å². The first-order valence-corrected chi connectivity index (χ1v) is 22.0. The van der Waals surface area contributed by atoms with Crippen molar-refractivity contribution >= 4 is 59.2 Å². The Kier molecular flexibility index (Phi) is 22.8. The molecule has 7 atom stereocenters. The molecule has 0 unspecified atom stereocenters. The summed E-state index contributed by atoms with van der Waals surface area (Å²) in [6.45, 7) is 10.8. The lowest BCUT2D eigenvalue weighted by molar-refractivity contribution is -0.142. The molecule has 0 bridgehead atoms. The Hall–Kier alpha value is -5.54. The van der Waals surface area contributed by atoms with Crippen molar-refractivity contribution in [2.75, 3.05) is 26.2 Å². The molecule has 63 heavy (non-hydrogen) atoms. The summed E-state index contributed by atoms with van der Waals surface area (Å²) in [6, 6.07) is -8.89. The van der Waals surface area contributed by atoms with Crippen LogP contribution in [0.4, 0.5) is 0 Å². The van der Waals surface area contributed by atoms with E-state index in [2.05, 4.69) is 42.2 Å². The molecule has 22 heteroatoms. The number of aliphatic imine (C=N–C) groups is 1. The van der Waals surface area contributed by atoms with Gasteiger partial charge in [0, 0.05) is 13.1 Å². The maximum absolute atomic E-state index is 14.3. The third-order valence-electron chi connectivity index (χ3n) is 10.5. The van der Waals surface area contributed by atoms with E-state index in [0.717, 1.165) is 0 Å². The molecule has 2 fully saturated rings. The number of amides is 8. The number of hydrogen-bond donors (Lipinski definition) is 11. The van der Waals surface area contributed by atoms with Crippen LogP contribution in [0, 0.1) is 17.8 Å². The molecular formula is C41H72N12O10. The summed E-state index contributed by atoms with van der Waals surface area (Å²) in [5.41, 5.74) is 16.7. The second-order valence-electron chi connectivity index (χ2n) is 17.6. The number of hydrogen-bond acceptors (Lipinski definition) is 11. The summed E-state index contributed by atoms with van der Waals surface area (Å²) in [6.07, 6.45) is 1.32. The number of unbranched alkanes of at least 4 members (excludes halogenated alkanes) is 1. The van der Waals surface area contributed by atoms with Crippen molar-refractivity contribution in [3.8, 4) is 0 Å². The van der Waals surface area contributed by atoms with Crippen molar-refractivity contribution in [3.05, 3.63) is 0 Å². The highest BCUT2D eigenvalue weighted by Crippen LogP contribution is 2.20. The average Bonchev–Trinajstić information content (AvgIpc) is 3.68. The van der Waals surface area contributed by atoms with Gasteiger partial charge in [-0.2, -0.15) is 0 Å². The fourth-order valence-corrected chi connectivity index (χ4v) is 7.41. The Balaban J connectivity index is 2.69. The molecule has 22 nitrogen and oxygen atoms in total. The molecule has 0 aromatic carbocycles. The van der Waals surface area contributed by atoms with E-state index < -0.39 is 108 Å². The van der Waals surface area contributed by atoms with Crippen molar-refractivity contribution in [3.63, 3.8) is 0 Å². The maximum Gasteiger partial charge on any atom is 0.305 e. The quantitative estimate of drug-likeness (QED) is 0.0446. The smallest absolute Gasteiger partial charge is 0.305 e. The monoisotopic (exact) mass is 893 g/mol. The number of guanidine groups is 1. The summed E-state index contributed by atoms with van der Waals surface area (Å²) in [5.74, 6) is -8.16. The van der Waals surface area contributed by atoms with E-state index in [1.165, 1.54) is 4.90 Å². The molecule has 356 valence electrons. The van der Waals surface area contributed by atoms with Crippen LogP contribution in [0.15, 0.2) is 4.99 Å². The van der Waals surface area contributed by atoms with Crippen LogP contribution in [-0.4, -0.2) is 138 Å². The normalized spacial score (nSPS) is 25.2. The predicted octanol–water partition coefficient (Wildman–Crippen LogP) is -2.19. The van der Waals surface area contributed by atoms with Crippen LogP contribution in [0.25, 0.3) is 0 Å². The first-order valence-electron chi connectivity index (χ1n) is 22.0. The predicted molar refractivity (Wildman–Crippen MR) is 233 cm³/mol. The van der Waals surface area contributed by atoms with Gasteiger partial charge in [0.15, 0.2) is 5.96 Å². The highest BCUT2D eigenvalue weighted by atomic mass is 16.4. The topological polar surface area (TPSA) is 352 Å². The van der Waals surface area contributed by atoms with Crippen molar-refractivity contribution in [2.45, 2.75) is 154 Å². The molecule has 0 aliphatic carbocycles. The molecule has 2 heterocycles. The van der Waals surface area contributed by atoms with Gasteiger partial charge in [-0.3, -0.25) is 48.1 Å². The first-order chi connectivity index (χ1) is 29.6. The number of carboxylic acid groups (broad SMARTS) is 1. The van der Waals surface area contributed by atoms with Gasteiger partial charge in [0.1, 0.15) is 42.3 Å². The number of carboxylic acids is 1. The van der Waals surface area contributed by atoms with Crippen molar-refractivity contribution in [1.29, 1.82) is 0 Å². The summed E-state index contributed by atoms with van der Waals surface area (Å²) in [5, 5.41) is 28.1. The second kappa shape index (κ2) is 26.8. The lowest BCUT2D eigenvalue weighted by Crippen LogP contribution is -2.61. The van der Waals surface area contributed by atoms with Crippen molar-refractivity contribution < 1.29 is 48.3 Å². The van der Waals surface area contributed by atoms with Gasteiger partial charge in [0.2, 0.25) is 47.3 Å². The minimum atomic E-state index is -1.70. The number of fused-ring (bicyclic) bond motifs is 1. The number of carbonyl (C=O) groups excluding carboxylic acids is 8. The summed E-state index contributed by atoms with van der Waals surface area (Å²) in [7, 11) is 0. The number of nitrogens with two attached hydrogens (primary N) is 3. The zero-order valence-corrected chi connectivity index (χ0v) is 37.6. The molecular weight excluding hydrogens is 821 g/mol. The molecule has 0 spiro atoms. The van der Waals surface area contributed by atoms with Gasteiger partial charge in [-0.25, -0.2) is 0 Å². The van der Waals surface area contributed by atoms with Crippen LogP contribution in [-0.2, 0) is 43.2 Å². The SMILES string of the molecule is CC(C)C[C@@H]1NC(=O)CNC(=O)[C@H]2CCCN2C(=O)[C@H](CCCN=C(N)N)NC(=O)[C@H](CCCCN)NC(=O)[C@H](CC(C)C)NC(=O)[C@H](CC(=O)O)NC(=O)[C@@H](CC(C)C)NC1=O. The molecule has 14 N–H and O–H groups in total. The molecule has 0 saturated carbocycles. The van der Waals surface area contributed by atoms with Crippen LogP contribution < -0.4 is 54.4 Å². The Morgan fingerprint density at radius 3 is 1.62 bits per heavy atom. The number of carbonyl (C=O) groups is 9. The minimum Gasteiger partial charge on any atom is -0.481 e. The van der Waals surface area contributed by atoms with E-state index in [0.29, 0.717) is 19.3 Å². The van der Waals surface area contributed by atoms with Gasteiger partial charge in [-0.05, 0) is 88.5 Å². The van der Waals surface area contributed by atoms with Gasteiger partial charge in [-0.15, -0.1) is 0 Å². The zero-order valence-electron chi connectivity index (χ0n) is 37.6. The van der Waals surface area contributed by atoms with Crippen LogP contribution in [0.2, 0.25) is 0 Å². The highest BCUT2D eigenvalue weighted by Gasteiger charge is 2.39. The summed E-state index contributed by atoms with van der Waals surface area (Å²) < 4.78 is 0. The third kappa shape index (κ3) is 19.2. The van der Waals surface area contributed by atoms with E-state index in [4.69, 9.17) is 17.2 Å². The van der Waals surface area contributed by atoms with Gasteiger partial charge in [0.25, 0.3) is 0 Å². The Morgan fingerprint density at radius 1 is 0.651 bits per heavy atom. The lowest BCUT2D eigenvalue weighted by Gasteiger charge is -2.31. The van der Waals surface area contributed by atoms with E-state index in [1.807, 2.05) is 13.8 Å². The van der Waals surface area contributed by atoms with Crippen molar-refractivity contribution in [1.82, 2.24) is 42.1 Å². The highest BCUT2D eigenvalue weighted by molar-refractivity contribution is 5.99. The van der Waals surface area contributed by atoms with Crippen LogP contribution in [0.1, 0.15) is 112 Å². The van der Waals surface area contributed by atoms with Crippen LogP contribution >= 0.6 is 0 Å². The molecule has 2 saturated heterocycles. The number of rotatable bonds is 16. The zero-order chi connectivity index (χ0) is 47.4. The molecule has 2 aliphatic heterocycles. The summed E-state index contributed by atoms with van der Waals surface area (Å²) in [4.78, 5) is 128. The third-order valence-corrected chi connectivity index (χ3v) is 10.5. The molecule has 8 amide bonds. The standard InChI is InChI=1S/C41H72N12O10/c1-22(2)17-27-35(58)50-29(19-24(5)6)37(60)52-30(20-33(55)56)38(61)51-28(18-23(3)4)36(59)48-25(11-7-8-14-42)34(57)49-26(12-9-15-45-41(43)44)40(63)53-16-10-13-31(53)39(62)46-21-32(54)47-27/h22-31H,7-21,42H2,1-6H3,(H,46,62)(H,47,54)(H,48,59)(H,49,57)(H,50,58)(H,51,61)(H,52,60)(H,55,56)(H4,43,44,45)/t25-,26-,27-,28-,29+,30-,31+/m0/s1. The first kappa shape index (κ1) is 53.6. The van der Waals surface area contributed by atoms with Gasteiger partial charge in [0.05, 0.1) is 13.0 Å². The average molecular weight is 893 g/mol. The molecule has 2 aliphatic rings. The van der Waals surface area contributed by atoms with E-state index in [9.17, 15) is 48.3 Å². The van der Waals surface area contributed by atoms with Crippen LogP contribution in [0.3, 0.4) is 0 Å². The van der Waals surface area contributed by atoms with E-state index in [-0.39, 0.29) is 88.3 Å². The van der Waals surface area contributed by atoms with Gasteiger partial charge in [-0.1, -0.05) is 41.5 Å². The molecule has 2 rings (SSSR count). The maximum atomic E-state index is 14.3. The number of nitrogens with zero attached hydrogens (tertiary/aromatic N) is 2. The molecule has 0 aromatic rings. The lowest BCUT2D eigenvalue weighted by atomic mass is 9.99. The van der Waals surface area contributed by atoms with Crippen molar-refractivity contribution in [2.24, 2.45) is 39.9 Å². The Bertz CT molecular complexity index is 1640. The largest absolute Gasteiger partial charge is 0.481 e.